The summed E-state index contributed by atoms with van der Waals surface area (Å²) in [5.74, 6) is -1.18. The molecule has 12 heteroatoms. The van der Waals surface area contributed by atoms with Gasteiger partial charge in [-0.2, -0.15) is 0 Å². The minimum atomic E-state index is -0.784. The fraction of sp³-hybridized carbons (Fsp3) is 0.0500. The molecule has 2 amide bonds. The molecule has 1 fully saturated rings. The van der Waals surface area contributed by atoms with E-state index in [1.807, 2.05) is 0 Å². The van der Waals surface area contributed by atoms with E-state index in [1.165, 1.54) is 41.3 Å². The molecule has 1 saturated heterocycles. The summed E-state index contributed by atoms with van der Waals surface area (Å²) in [6.45, 7) is 3.69. The summed E-state index contributed by atoms with van der Waals surface area (Å²) in [7, 11) is 0. The molecular formula is C20H14N4O7S. The Kier molecular flexibility index (Phi) is 6.35. The van der Waals surface area contributed by atoms with Crippen molar-refractivity contribution in [1.29, 1.82) is 0 Å². The Morgan fingerprint density at radius 3 is 2.38 bits per heavy atom. The zero-order valence-corrected chi connectivity index (χ0v) is 17.0. The molecule has 0 atom stereocenters. The Bertz CT molecular complexity index is 1190. The molecule has 0 bridgehead atoms. The maximum atomic E-state index is 12.6. The molecule has 2 aromatic carbocycles. The van der Waals surface area contributed by atoms with Gasteiger partial charge in [-0.1, -0.05) is 18.2 Å². The number of nitro benzene ring substituents is 2. The fourth-order valence-electron chi connectivity index (χ4n) is 2.76. The summed E-state index contributed by atoms with van der Waals surface area (Å²) < 4.78 is 5.49. The normalized spacial score (nSPS) is 14.8. The first kappa shape index (κ1) is 22.2. The molecule has 1 heterocycles. The number of nitro groups is 2. The van der Waals surface area contributed by atoms with Crippen LogP contribution in [0.15, 0.2) is 60.7 Å². The Hall–Kier alpha value is -4.45. The molecule has 1 aliphatic rings. The first-order valence-corrected chi connectivity index (χ1v) is 9.32. The number of hydrogen-bond donors (Lipinski definition) is 1. The molecule has 0 spiro atoms. The Labute approximate surface area is 185 Å². The third-order valence-electron chi connectivity index (χ3n) is 4.27. The van der Waals surface area contributed by atoms with Gasteiger partial charge in [-0.15, -0.1) is 6.58 Å². The van der Waals surface area contributed by atoms with E-state index in [4.69, 9.17) is 17.0 Å². The van der Waals surface area contributed by atoms with Gasteiger partial charge >= 0.3 is 5.69 Å². The van der Waals surface area contributed by atoms with E-state index in [1.54, 1.807) is 0 Å². The first-order chi connectivity index (χ1) is 15.2. The lowest BCUT2D eigenvalue weighted by Crippen LogP contribution is -2.53. The second-order valence-electron chi connectivity index (χ2n) is 6.36. The molecule has 0 saturated carbocycles. The summed E-state index contributed by atoms with van der Waals surface area (Å²) in [6, 6.07) is 9.03. The Balaban J connectivity index is 1.84. The standard InChI is InChI=1S/C20H14N4O7S/c1-2-9-22-19(26)15(18(25)21-20(22)32)10-12-3-6-14(7-4-12)31-17-8-5-13(23(27)28)11-16(17)24(29)30/h2-8,10-11H,1,9H2,(H,21,25,32)/b15-10+. The van der Waals surface area contributed by atoms with E-state index < -0.39 is 33.0 Å². The number of amides is 2. The summed E-state index contributed by atoms with van der Waals surface area (Å²) >= 11 is 4.99. The Morgan fingerprint density at radius 1 is 1.09 bits per heavy atom. The Morgan fingerprint density at radius 2 is 1.78 bits per heavy atom. The summed E-state index contributed by atoms with van der Waals surface area (Å²) in [5, 5.41) is 24.5. The van der Waals surface area contributed by atoms with Crippen molar-refractivity contribution in [1.82, 2.24) is 10.2 Å². The molecule has 3 rings (SSSR count). The van der Waals surface area contributed by atoms with Crippen LogP contribution in [-0.4, -0.2) is 38.2 Å². The van der Waals surface area contributed by atoms with Crippen LogP contribution in [0.2, 0.25) is 0 Å². The van der Waals surface area contributed by atoms with E-state index in [0.29, 0.717) is 5.56 Å². The van der Waals surface area contributed by atoms with Gasteiger partial charge in [0.05, 0.1) is 15.9 Å². The van der Waals surface area contributed by atoms with E-state index in [-0.39, 0.29) is 28.7 Å². The quantitative estimate of drug-likeness (QED) is 0.168. The van der Waals surface area contributed by atoms with Gasteiger partial charge in [0, 0.05) is 12.6 Å². The van der Waals surface area contributed by atoms with Crippen molar-refractivity contribution in [2.45, 2.75) is 0 Å². The predicted molar refractivity (Wildman–Crippen MR) is 117 cm³/mol. The van der Waals surface area contributed by atoms with Crippen LogP contribution >= 0.6 is 12.2 Å². The topological polar surface area (TPSA) is 145 Å². The number of rotatable bonds is 7. The lowest BCUT2D eigenvalue weighted by molar-refractivity contribution is -0.394. The number of non-ortho nitro benzene ring substituents is 1. The number of nitrogens with one attached hydrogen (secondary N) is 1. The first-order valence-electron chi connectivity index (χ1n) is 8.91. The van der Waals surface area contributed by atoms with Gasteiger partial charge in [-0.05, 0) is 42.1 Å². The highest BCUT2D eigenvalue weighted by Crippen LogP contribution is 2.34. The molecular weight excluding hydrogens is 440 g/mol. The maximum Gasteiger partial charge on any atom is 0.318 e. The zero-order chi connectivity index (χ0) is 23.4. The van der Waals surface area contributed by atoms with Gasteiger partial charge in [0.25, 0.3) is 17.5 Å². The van der Waals surface area contributed by atoms with E-state index in [9.17, 15) is 29.8 Å². The monoisotopic (exact) mass is 454 g/mol. The zero-order valence-electron chi connectivity index (χ0n) is 16.2. The minimum absolute atomic E-state index is 0.00881. The van der Waals surface area contributed by atoms with Gasteiger partial charge in [0.2, 0.25) is 5.75 Å². The third-order valence-corrected chi connectivity index (χ3v) is 4.59. The second kappa shape index (κ2) is 9.14. The SMILES string of the molecule is C=CCN1C(=O)/C(=C/c2ccc(Oc3ccc([N+](=O)[O-])cc3[N+](=O)[O-])cc2)C(=O)NC1=S. The second-order valence-corrected chi connectivity index (χ2v) is 6.75. The maximum absolute atomic E-state index is 12.6. The molecule has 1 aliphatic heterocycles. The molecule has 0 radical (unpaired) electrons. The predicted octanol–water partition coefficient (Wildman–Crippen LogP) is 3.11. The van der Waals surface area contributed by atoms with Crippen molar-refractivity contribution in [2.75, 3.05) is 6.54 Å². The van der Waals surface area contributed by atoms with Crippen LogP contribution in [0.1, 0.15) is 5.56 Å². The average Bonchev–Trinajstić information content (AvgIpc) is 2.75. The van der Waals surface area contributed by atoms with Crippen LogP contribution in [0.3, 0.4) is 0 Å². The number of benzene rings is 2. The largest absolute Gasteiger partial charge is 0.450 e. The van der Waals surface area contributed by atoms with Crippen LogP contribution in [0.4, 0.5) is 11.4 Å². The van der Waals surface area contributed by atoms with Crippen molar-refractivity contribution < 1.29 is 24.2 Å². The molecule has 0 aliphatic carbocycles. The lowest BCUT2D eigenvalue weighted by atomic mass is 10.1. The van der Waals surface area contributed by atoms with Crippen molar-refractivity contribution in [3.63, 3.8) is 0 Å². The van der Waals surface area contributed by atoms with Gasteiger partial charge in [-0.3, -0.25) is 40.0 Å². The molecule has 0 aromatic heterocycles. The minimum Gasteiger partial charge on any atom is -0.450 e. The van der Waals surface area contributed by atoms with Gasteiger partial charge in [0.1, 0.15) is 11.3 Å². The molecule has 11 nitrogen and oxygen atoms in total. The third kappa shape index (κ3) is 4.65. The van der Waals surface area contributed by atoms with Crippen molar-refractivity contribution in [2.24, 2.45) is 0 Å². The number of carbonyl (C=O) groups is 2. The number of nitrogens with zero attached hydrogens (tertiary/aromatic N) is 3. The van der Waals surface area contributed by atoms with E-state index in [2.05, 4.69) is 11.9 Å². The van der Waals surface area contributed by atoms with Crippen molar-refractivity contribution >= 4 is 46.6 Å². The fourth-order valence-corrected chi connectivity index (χ4v) is 3.01. The van der Waals surface area contributed by atoms with Crippen LogP contribution in [-0.2, 0) is 9.59 Å². The van der Waals surface area contributed by atoms with Gasteiger partial charge < -0.3 is 4.74 Å². The number of thiocarbonyl (C=S) groups is 1. The number of carbonyl (C=O) groups excluding carboxylic acids is 2. The highest BCUT2D eigenvalue weighted by molar-refractivity contribution is 7.80. The number of hydrogen-bond acceptors (Lipinski definition) is 8. The summed E-state index contributed by atoms with van der Waals surface area (Å²) in [6.07, 6.45) is 2.84. The highest BCUT2D eigenvalue weighted by atomic mass is 32.1. The lowest BCUT2D eigenvalue weighted by Gasteiger charge is -2.27. The van der Waals surface area contributed by atoms with Crippen LogP contribution in [0, 0.1) is 20.2 Å². The van der Waals surface area contributed by atoms with Crippen LogP contribution < -0.4 is 10.1 Å². The van der Waals surface area contributed by atoms with E-state index in [0.717, 1.165) is 18.2 Å². The van der Waals surface area contributed by atoms with Gasteiger partial charge in [-0.25, -0.2) is 0 Å². The summed E-state index contributed by atoms with van der Waals surface area (Å²) in [4.78, 5) is 46.5. The molecule has 0 unspecified atom stereocenters. The van der Waals surface area contributed by atoms with Crippen molar-refractivity contribution in [3.05, 3.63) is 86.5 Å². The van der Waals surface area contributed by atoms with Crippen LogP contribution in [0.25, 0.3) is 6.08 Å². The molecule has 1 N–H and O–H groups in total. The van der Waals surface area contributed by atoms with Crippen LogP contribution in [0.5, 0.6) is 11.5 Å². The summed E-state index contributed by atoms with van der Waals surface area (Å²) in [5.41, 5.74) is -0.639. The van der Waals surface area contributed by atoms with E-state index >= 15 is 0 Å². The van der Waals surface area contributed by atoms with Crippen molar-refractivity contribution in [3.8, 4) is 11.5 Å². The molecule has 32 heavy (non-hydrogen) atoms. The average molecular weight is 454 g/mol. The highest BCUT2D eigenvalue weighted by Gasteiger charge is 2.32. The number of ether oxygens (including phenoxy) is 1. The molecule has 2 aromatic rings. The molecule has 162 valence electrons. The van der Waals surface area contributed by atoms with Gasteiger partial charge in [0.15, 0.2) is 5.11 Å². The smallest absolute Gasteiger partial charge is 0.318 e.